The number of carbonyl (C=O) groups excluding carboxylic acids is 2. The molecule has 1 atom stereocenters. The lowest BCUT2D eigenvalue weighted by Crippen LogP contribution is -2.44. The van der Waals surface area contributed by atoms with E-state index >= 15 is 0 Å². The van der Waals surface area contributed by atoms with Crippen molar-refractivity contribution in [2.24, 2.45) is 5.92 Å². The van der Waals surface area contributed by atoms with E-state index in [0.29, 0.717) is 12.8 Å². The van der Waals surface area contributed by atoms with E-state index in [1.807, 2.05) is 4.90 Å². The highest BCUT2D eigenvalue weighted by atomic mass is 16.5. The van der Waals surface area contributed by atoms with Crippen molar-refractivity contribution in [3.05, 3.63) is 0 Å². The van der Waals surface area contributed by atoms with Crippen LogP contribution in [0.4, 0.5) is 0 Å². The fourth-order valence-electron chi connectivity index (χ4n) is 3.59. The molecule has 2 rings (SSSR count). The number of nitrogens with zero attached hydrogens (tertiary/aromatic N) is 1. The van der Waals surface area contributed by atoms with Crippen molar-refractivity contribution in [2.45, 2.75) is 70.3 Å². The summed E-state index contributed by atoms with van der Waals surface area (Å²) in [5.41, 5.74) is 0. The summed E-state index contributed by atoms with van der Waals surface area (Å²) in [4.78, 5) is 25.8. The Bertz CT molecular complexity index is 337. The van der Waals surface area contributed by atoms with Crippen molar-refractivity contribution < 1.29 is 14.3 Å². The SMILES string of the molecule is COC(=O)CC1CCCCN1C(=O)CCC1CCCC1. The molecule has 20 heavy (non-hydrogen) atoms. The molecule has 0 spiro atoms. The number of hydrogen-bond donors (Lipinski definition) is 0. The van der Waals surface area contributed by atoms with Crippen LogP contribution in [0.15, 0.2) is 0 Å². The molecule has 1 unspecified atom stereocenters. The van der Waals surface area contributed by atoms with E-state index in [2.05, 4.69) is 0 Å². The van der Waals surface area contributed by atoms with Crippen LogP contribution in [0.25, 0.3) is 0 Å². The molecular formula is C16H27NO3. The second-order valence-corrected chi connectivity index (χ2v) is 6.21. The molecule has 2 fully saturated rings. The molecule has 1 amide bonds. The van der Waals surface area contributed by atoms with Crippen LogP contribution in [0, 0.1) is 5.92 Å². The van der Waals surface area contributed by atoms with Crippen molar-refractivity contribution >= 4 is 11.9 Å². The summed E-state index contributed by atoms with van der Waals surface area (Å²) in [6, 6.07) is 0.0623. The number of carbonyl (C=O) groups is 2. The van der Waals surface area contributed by atoms with Crippen LogP contribution >= 0.6 is 0 Å². The smallest absolute Gasteiger partial charge is 0.307 e. The lowest BCUT2D eigenvalue weighted by molar-refractivity contribution is -0.144. The van der Waals surface area contributed by atoms with Gasteiger partial charge >= 0.3 is 5.97 Å². The molecule has 0 aromatic heterocycles. The molecule has 2 aliphatic rings. The Morgan fingerprint density at radius 1 is 1.10 bits per heavy atom. The van der Waals surface area contributed by atoms with Crippen molar-refractivity contribution in [2.75, 3.05) is 13.7 Å². The van der Waals surface area contributed by atoms with Gasteiger partial charge in [-0.25, -0.2) is 0 Å². The zero-order valence-electron chi connectivity index (χ0n) is 12.6. The Hall–Kier alpha value is -1.06. The van der Waals surface area contributed by atoms with Gasteiger partial charge < -0.3 is 9.64 Å². The molecule has 4 nitrogen and oxygen atoms in total. The maximum atomic E-state index is 12.4. The summed E-state index contributed by atoms with van der Waals surface area (Å²) in [6.07, 6.45) is 10.4. The monoisotopic (exact) mass is 281 g/mol. The molecule has 4 heteroatoms. The van der Waals surface area contributed by atoms with Gasteiger partial charge in [0, 0.05) is 19.0 Å². The van der Waals surface area contributed by atoms with Gasteiger partial charge in [0.05, 0.1) is 13.5 Å². The number of piperidine rings is 1. The first-order chi connectivity index (χ1) is 9.70. The predicted molar refractivity (Wildman–Crippen MR) is 77.2 cm³/mol. The molecule has 0 aromatic carbocycles. The van der Waals surface area contributed by atoms with Crippen LogP contribution in [0.2, 0.25) is 0 Å². The summed E-state index contributed by atoms with van der Waals surface area (Å²) in [5.74, 6) is 0.791. The summed E-state index contributed by atoms with van der Waals surface area (Å²) in [7, 11) is 1.41. The van der Waals surface area contributed by atoms with E-state index in [-0.39, 0.29) is 17.9 Å². The average molecular weight is 281 g/mol. The van der Waals surface area contributed by atoms with E-state index in [1.54, 1.807) is 0 Å². The van der Waals surface area contributed by atoms with Gasteiger partial charge in [0.1, 0.15) is 0 Å². The number of esters is 1. The van der Waals surface area contributed by atoms with Crippen molar-refractivity contribution in [1.29, 1.82) is 0 Å². The minimum absolute atomic E-state index is 0.0623. The molecule has 114 valence electrons. The minimum atomic E-state index is -0.203. The first-order valence-corrected chi connectivity index (χ1v) is 8.07. The predicted octanol–water partition coefficient (Wildman–Crippen LogP) is 2.90. The molecule has 0 aromatic rings. The fraction of sp³-hybridized carbons (Fsp3) is 0.875. The van der Waals surface area contributed by atoms with Crippen molar-refractivity contribution in [3.63, 3.8) is 0 Å². The summed E-state index contributed by atoms with van der Waals surface area (Å²) < 4.78 is 4.75. The second kappa shape index (κ2) is 7.65. The fourth-order valence-corrected chi connectivity index (χ4v) is 3.59. The average Bonchev–Trinajstić information content (AvgIpc) is 2.98. The van der Waals surface area contributed by atoms with E-state index < -0.39 is 0 Å². The van der Waals surface area contributed by atoms with Crippen molar-refractivity contribution in [1.82, 2.24) is 4.90 Å². The summed E-state index contributed by atoms with van der Waals surface area (Å²) in [6.45, 7) is 0.811. The van der Waals surface area contributed by atoms with Crippen LogP contribution in [0.5, 0.6) is 0 Å². The number of rotatable bonds is 5. The highest BCUT2D eigenvalue weighted by Crippen LogP contribution is 2.29. The first kappa shape index (κ1) is 15.3. The van der Waals surface area contributed by atoms with Gasteiger partial charge in [-0.2, -0.15) is 0 Å². The summed E-state index contributed by atoms with van der Waals surface area (Å²) in [5, 5.41) is 0. The molecule has 1 saturated carbocycles. The Balaban J connectivity index is 1.82. The van der Waals surface area contributed by atoms with E-state index in [0.717, 1.165) is 38.1 Å². The van der Waals surface area contributed by atoms with E-state index in [4.69, 9.17) is 4.74 Å². The van der Waals surface area contributed by atoms with Crippen molar-refractivity contribution in [3.8, 4) is 0 Å². The minimum Gasteiger partial charge on any atom is -0.469 e. The molecule has 1 heterocycles. The third kappa shape index (κ3) is 4.22. The van der Waals surface area contributed by atoms with Gasteiger partial charge in [-0.15, -0.1) is 0 Å². The normalized spacial score (nSPS) is 23.9. The van der Waals surface area contributed by atoms with Crippen LogP contribution in [-0.4, -0.2) is 36.5 Å². The zero-order chi connectivity index (χ0) is 14.4. The topological polar surface area (TPSA) is 46.6 Å². The third-order valence-electron chi connectivity index (χ3n) is 4.82. The zero-order valence-corrected chi connectivity index (χ0v) is 12.6. The lowest BCUT2D eigenvalue weighted by atomic mass is 9.97. The van der Waals surface area contributed by atoms with Gasteiger partial charge in [-0.05, 0) is 31.6 Å². The van der Waals surface area contributed by atoms with Crippen LogP contribution in [0.3, 0.4) is 0 Å². The number of methoxy groups -OCH3 is 1. The largest absolute Gasteiger partial charge is 0.469 e. The third-order valence-corrected chi connectivity index (χ3v) is 4.82. The lowest BCUT2D eigenvalue weighted by Gasteiger charge is -2.35. The van der Waals surface area contributed by atoms with Gasteiger partial charge in [-0.3, -0.25) is 9.59 Å². The summed E-state index contributed by atoms with van der Waals surface area (Å²) >= 11 is 0. The molecule has 1 saturated heterocycles. The Kier molecular flexibility index (Phi) is 5.86. The number of likely N-dealkylation sites (tertiary alicyclic amines) is 1. The van der Waals surface area contributed by atoms with E-state index in [1.165, 1.54) is 32.8 Å². The molecule has 1 aliphatic heterocycles. The highest BCUT2D eigenvalue weighted by molar-refractivity contribution is 5.78. The quantitative estimate of drug-likeness (QED) is 0.728. The molecular weight excluding hydrogens is 254 g/mol. The van der Waals surface area contributed by atoms with Crippen LogP contribution < -0.4 is 0 Å². The molecule has 0 N–H and O–H groups in total. The van der Waals surface area contributed by atoms with Gasteiger partial charge in [0.15, 0.2) is 0 Å². The maximum absolute atomic E-state index is 12.4. The number of amides is 1. The second-order valence-electron chi connectivity index (χ2n) is 6.21. The standard InChI is InChI=1S/C16H27NO3/c1-20-16(19)12-14-8-4-5-11-17(14)15(18)10-9-13-6-2-3-7-13/h13-14H,2-12H2,1H3. The van der Waals surface area contributed by atoms with Gasteiger partial charge in [0.2, 0.25) is 5.91 Å². The number of ether oxygens (including phenoxy) is 1. The molecule has 1 aliphatic carbocycles. The van der Waals surface area contributed by atoms with E-state index in [9.17, 15) is 9.59 Å². The first-order valence-electron chi connectivity index (χ1n) is 8.07. The maximum Gasteiger partial charge on any atom is 0.307 e. The van der Waals surface area contributed by atoms with Gasteiger partial charge in [0.25, 0.3) is 0 Å². The molecule has 0 bridgehead atoms. The highest BCUT2D eigenvalue weighted by Gasteiger charge is 2.29. The van der Waals surface area contributed by atoms with Crippen LogP contribution in [-0.2, 0) is 14.3 Å². The Morgan fingerprint density at radius 3 is 2.50 bits per heavy atom. The van der Waals surface area contributed by atoms with Gasteiger partial charge in [-0.1, -0.05) is 25.7 Å². The molecule has 0 radical (unpaired) electrons. The Labute approximate surface area is 121 Å². The van der Waals surface area contributed by atoms with Crippen LogP contribution in [0.1, 0.15) is 64.2 Å². The Morgan fingerprint density at radius 2 is 1.80 bits per heavy atom. The number of hydrogen-bond acceptors (Lipinski definition) is 3.